The molecule has 1 saturated heterocycles. The molecule has 0 atom stereocenters. The molecule has 1 fully saturated rings. The topological polar surface area (TPSA) is 71.4 Å². The molecule has 1 aliphatic rings. The molecule has 0 aliphatic carbocycles. The number of hydrogen-bond donors (Lipinski definition) is 0. The van der Waals surface area contributed by atoms with Crippen molar-refractivity contribution in [3.05, 3.63) is 47.1 Å². The van der Waals surface area contributed by atoms with E-state index in [-0.39, 0.29) is 5.02 Å². The first-order chi connectivity index (χ1) is 13.4. The van der Waals surface area contributed by atoms with Gasteiger partial charge >= 0.3 is 6.18 Å². The molecular formula is C17H15ClF3N5O2. The second kappa shape index (κ2) is 7.44. The highest BCUT2D eigenvalue weighted by molar-refractivity contribution is 6.33. The van der Waals surface area contributed by atoms with Crippen LogP contribution in [0.25, 0.3) is 11.7 Å². The fourth-order valence-electron chi connectivity index (χ4n) is 2.94. The van der Waals surface area contributed by atoms with Crippen molar-refractivity contribution in [2.75, 3.05) is 31.1 Å². The van der Waals surface area contributed by atoms with Gasteiger partial charge in [-0.25, -0.2) is 4.98 Å². The van der Waals surface area contributed by atoms with Crippen LogP contribution >= 0.6 is 11.6 Å². The van der Waals surface area contributed by atoms with E-state index in [1.807, 2.05) is 4.90 Å². The number of rotatable bonds is 4. The van der Waals surface area contributed by atoms with Crippen LogP contribution in [0.5, 0.6) is 0 Å². The predicted octanol–water partition coefficient (Wildman–Crippen LogP) is 3.72. The number of piperazine rings is 1. The molecule has 28 heavy (non-hydrogen) atoms. The van der Waals surface area contributed by atoms with E-state index in [0.717, 1.165) is 12.3 Å². The van der Waals surface area contributed by atoms with Gasteiger partial charge in [-0.3, -0.25) is 4.90 Å². The van der Waals surface area contributed by atoms with E-state index in [4.69, 9.17) is 20.4 Å². The summed E-state index contributed by atoms with van der Waals surface area (Å²) in [6.45, 7) is 2.90. The Kier molecular flexibility index (Phi) is 4.98. The van der Waals surface area contributed by atoms with Gasteiger partial charge in [0.15, 0.2) is 5.76 Å². The normalized spacial score (nSPS) is 15.9. The molecule has 3 aromatic heterocycles. The van der Waals surface area contributed by atoms with Crippen LogP contribution in [-0.2, 0) is 12.7 Å². The minimum Gasteiger partial charge on any atom is -0.459 e. The fourth-order valence-corrected chi connectivity index (χ4v) is 3.23. The Morgan fingerprint density at radius 2 is 1.93 bits per heavy atom. The van der Waals surface area contributed by atoms with Crippen molar-refractivity contribution in [2.45, 2.75) is 12.7 Å². The van der Waals surface area contributed by atoms with Gasteiger partial charge in [0.25, 0.3) is 5.89 Å². The zero-order valence-electron chi connectivity index (χ0n) is 14.5. The number of halogens is 4. The molecule has 4 rings (SSSR count). The van der Waals surface area contributed by atoms with Crippen LogP contribution in [0.15, 0.2) is 39.5 Å². The van der Waals surface area contributed by atoms with E-state index in [1.165, 1.54) is 6.26 Å². The van der Waals surface area contributed by atoms with Gasteiger partial charge in [0, 0.05) is 32.4 Å². The summed E-state index contributed by atoms with van der Waals surface area (Å²) < 4.78 is 49.1. The van der Waals surface area contributed by atoms with Crippen molar-refractivity contribution in [1.29, 1.82) is 0 Å². The zero-order valence-corrected chi connectivity index (χ0v) is 15.2. The summed E-state index contributed by atoms with van der Waals surface area (Å²) in [5, 5.41) is 7.97. The van der Waals surface area contributed by atoms with Crippen molar-refractivity contribution in [2.24, 2.45) is 0 Å². The van der Waals surface area contributed by atoms with Crippen LogP contribution < -0.4 is 4.90 Å². The third-order valence-electron chi connectivity index (χ3n) is 4.38. The first-order valence-corrected chi connectivity index (χ1v) is 8.84. The quantitative estimate of drug-likeness (QED) is 0.645. The molecule has 0 unspecified atom stereocenters. The SMILES string of the molecule is FC(F)(F)c1cnc(N2CCN(Cc3nnc(-c4ccco4)o3)CC2)c(Cl)c1. The number of alkyl halides is 3. The molecule has 0 aromatic carbocycles. The number of aromatic nitrogens is 3. The minimum atomic E-state index is -4.47. The molecule has 0 radical (unpaired) electrons. The lowest BCUT2D eigenvalue weighted by Crippen LogP contribution is -2.46. The van der Waals surface area contributed by atoms with Crippen LogP contribution in [-0.4, -0.2) is 46.3 Å². The first-order valence-electron chi connectivity index (χ1n) is 8.46. The van der Waals surface area contributed by atoms with Gasteiger partial charge in [0.1, 0.15) is 5.82 Å². The van der Waals surface area contributed by atoms with Crippen molar-refractivity contribution in [1.82, 2.24) is 20.1 Å². The maximum Gasteiger partial charge on any atom is 0.417 e. The average molecular weight is 414 g/mol. The Morgan fingerprint density at radius 1 is 1.14 bits per heavy atom. The number of pyridine rings is 1. The summed E-state index contributed by atoms with van der Waals surface area (Å²) in [6.07, 6.45) is -2.13. The molecule has 0 N–H and O–H groups in total. The average Bonchev–Trinajstić information content (AvgIpc) is 3.33. The maximum atomic E-state index is 12.7. The number of anilines is 1. The second-order valence-electron chi connectivity index (χ2n) is 6.27. The first kappa shape index (κ1) is 18.8. The van der Waals surface area contributed by atoms with E-state index in [0.29, 0.717) is 56.1 Å². The molecule has 0 spiro atoms. The highest BCUT2D eigenvalue weighted by Crippen LogP contribution is 2.33. The number of hydrogen-bond acceptors (Lipinski definition) is 7. The summed E-state index contributed by atoms with van der Waals surface area (Å²) >= 11 is 6.03. The lowest BCUT2D eigenvalue weighted by Gasteiger charge is -2.35. The van der Waals surface area contributed by atoms with E-state index in [2.05, 4.69) is 20.1 Å². The Morgan fingerprint density at radius 3 is 2.57 bits per heavy atom. The summed E-state index contributed by atoms with van der Waals surface area (Å²) in [5.41, 5.74) is -0.858. The van der Waals surface area contributed by atoms with E-state index >= 15 is 0 Å². The molecule has 0 saturated carbocycles. The fraction of sp³-hybridized carbons (Fsp3) is 0.353. The zero-order chi connectivity index (χ0) is 19.7. The standard InChI is InChI=1S/C17H15ClF3N5O2/c18-12-8-11(17(19,20)21)9-22-15(12)26-5-3-25(4-6-26)10-14-23-24-16(28-14)13-2-1-7-27-13/h1-2,7-9H,3-6,10H2. The molecule has 3 aromatic rings. The van der Waals surface area contributed by atoms with Gasteiger partial charge in [-0.1, -0.05) is 11.6 Å². The van der Waals surface area contributed by atoms with Crippen LogP contribution in [0.3, 0.4) is 0 Å². The molecule has 11 heteroatoms. The molecule has 1 aliphatic heterocycles. The Balaban J connectivity index is 1.36. The number of furan rings is 1. The summed E-state index contributed by atoms with van der Waals surface area (Å²) in [5.74, 6) is 1.64. The molecule has 0 amide bonds. The van der Waals surface area contributed by atoms with E-state index < -0.39 is 11.7 Å². The predicted molar refractivity (Wildman–Crippen MR) is 93.7 cm³/mol. The lowest BCUT2D eigenvalue weighted by molar-refractivity contribution is -0.137. The third-order valence-corrected chi connectivity index (χ3v) is 4.66. The third kappa shape index (κ3) is 3.97. The summed E-state index contributed by atoms with van der Waals surface area (Å²) in [7, 11) is 0. The van der Waals surface area contributed by atoms with Crippen LogP contribution in [0.4, 0.5) is 19.0 Å². The van der Waals surface area contributed by atoms with Crippen molar-refractivity contribution in [3.8, 4) is 11.7 Å². The largest absolute Gasteiger partial charge is 0.459 e. The maximum absolute atomic E-state index is 12.7. The van der Waals surface area contributed by atoms with Crippen molar-refractivity contribution >= 4 is 17.4 Å². The van der Waals surface area contributed by atoms with Crippen LogP contribution in [0.2, 0.25) is 5.02 Å². The Bertz CT molecular complexity index is 937. The Hall–Kier alpha value is -2.59. The molecule has 4 heterocycles. The van der Waals surface area contributed by atoms with E-state index in [9.17, 15) is 13.2 Å². The highest BCUT2D eigenvalue weighted by Gasteiger charge is 2.32. The highest BCUT2D eigenvalue weighted by atomic mass is 35.5. The van der Waals surface area contributed by atoms with Crippen LogP contribution in [0, 0.1) is 0 Å². The molecule has 7 nitrogen and oxygen atoms in total. The lowest BCUT2D eigenvalue weighted by atomic mass is 10.2. The smallest absolute Gasteiger partial charge is 0.417 e. The van der Waals surface area contributed by atoms with Gasteiger partial charge in [0.2, 0.25) is 5.89 Å². The Labute approximate surface area is 162 Å². The molecular weight excluding hydrogens is 399 g/mol. The van der Waals surface area contributed by atoms with E-state index in [1.54, 1.807) is 12.1 Å². The van der Waals surface area contributed by atoms with Crippen molar-refractivity contribution < 1.29 is 22.0 Å². The second-order valence-corrected chi connectivity index (χ2v) is 6.68. The van der Waals surface area contributed by atoms with Gasteiger partial charge in [-0.05, 0) is 18.2 Å². The molecule has 148 valence electrons. The van der Waals surface area contributed by atoms with Gasteiger partial charge in [0.05, 0.1) is 23.4 Å². The van der Waals surface area contributed by atoms with Crippen LogP contribution in [0.1, 0.15) is 11.5 Å². The summed E-state index contributed by atoms with van der Waals surface area (Å²) in [4.78, 5) is 7.88. The minimum absolute atomic E-state index is 0.0109. The van der Waals surface area contributed by atoms with Gasteiger partial charge in [-0.2, -0.15) is 13.2 Å². The number of nitrogens with zero attached hydrogens (tertiary/aromatic N) is 5. The van der Waals surface area contributed by atoms with Gasteiger partial charge < -0.3 is 13.7 Å². The summed E-state index contributed by atoms with van der Waals surface area (Å²) in [6, 6.07) is 4.38. The molecule has 0 bridgehead atoms. The monoisotopic (exact) mass is 413 g/mol. The van der Waals surface area contributed by atoms with Gasteiger partial charge in [-0.15, -0.1) is 10.2 Å². The van der Waals surface area contributed by atoms with Crippen molar-refractivity contribution in [3.63, 3.8) is 0 Å².